The summed E-state index contributed by atoms with van der Waals surface area (Å²) in [5, 5.41) is 33.4. The van der Waals surface area contributed by atoms with Crippen LogP contribution in [0, 0.1) is 28.6 Å². The number of rotatable bonds is 9. The molecule has 232 valence electrons. The van der Waals surface area contributed by atoms with Crippen LogP contribution in [0.2, 0.25) is 0 Å². The van der Waals surface area contributed by atoms with Crippen molar-refractivity contribution in [2.45, 2.75) is 83.7 Å². The summed E-state index contributed by atoms with van der Waals surface area (Å²) in [7, 11) is 0. The van der Waals surface area contributed by atoms with Crippen molar-refractivity contribution in [1.82, 2.24) is 5.32 Å². The molecule has 4 N–H and O–H groups in total. The molecule has 1 aromatic rings. The summed E-state index contributed by atoms with van der Waals surface area (Å²) in [6.45, 7) is 3.55. The number of hydrogen-bond acceptors (Lipinski definition) is 9. The normalized spacial score (nSPS) is 33.1. The van der Waals surface area contributed by atoms with Gasteiger partial charge in [0.25, 0.3) is 0 Å². The summed E-state index contributed by atoms with van der Waals surface area (Å²) in [5.74, 6) is -2.31. The van der Waals surface area contributed by atoms with Gasteiger partial charge in [0.05, 0.1) is 6.42 Å². The summed E-state index contributed by atoms with van der Waals surface area (Å²) in [6.07, 6.45) is 5.18. The maximum absolute atomic E-state index is 13.7. The molecule has 43 heavy (non-hydrogen) atoms. The number of carbonyl (C=O) groups excluding carboxylic acids is 5. The van der Waals surface area contributed by atoms with Gasteiger partial charge in [-0.2, -0.15) is 0 Å². The maximum Gasteiger partial charge on any atom is 0.306 e. The molecule has 0 radical (unpaired) electrons. The number of aromatic hydroxyl groups is 2. The first kappa shape index (κ1) is 30.9. The summed E-state index contributed by atoms with van der Waals surface area (Å²) in [6, 6.07) is 4.39. The van der Waals surface area contributed by atoms with Crippen molar-refractivity contribution in [2.24, 2.45) is 28.6 Å². The number of benzene rings is 1. The minimum absolute atomic E-state index is 0.0178. The van der Waals surface area contributed by atoms with E-state index in [4.69, 9.17) is 4.74 Å². The van der Waals surface area contributed by atoms with Gasteiger partial charge in [-0.05, 0) is 79.5 Å². The second-order valence-corrected chi connectivity index (χ2v) is 13.3. The Morgan fingerprint density at radius 3 is 2.53 bits per heavy atom. The molecular formula is C33H41NO9. The van der Waals surface area contributed by atoms with Crippen LogP contribution in [0.3, 0.4) is 0 Å². The summed E-state index contributed by atoms with van der Waals surface area (Å²) in [5.41, 5.74) is -1.35. The first-order valence-electron chi connectivity index (χ1n) is 15.2. The molecule has 0 heterocycles. The van der Waals surface area contributed by atoms with Gasteiger partial charge in [0, 0.05) is 37.1 Å². The molecule has 10 heteroatoms. The highest BCUT2D eigenvalue weighted by molar-refractivity contribution is 5.95. The Morgan fingerprint density at radius 1 is 1.02 bits per heavy atom. The molecule has 6 unspecified atom stereocenters. The molecule has 1 aromatic carbocycles. The Morgan fingerprint density at radius 2 is 1.79 bits per heavy atom. The zero-order valence-electron chi connectivity index (χ0n) is 24.8. The molecule has 0 spiro atoms. The van der Waals surface area contributed by atoms with Gasteiger partial charge in [0.1, 0.15) is 11.4 Å². The van der Waals surface area contributed by atoms with Crippen LogP contribution >= 0.6 is 0 Å². The van der Waals surface area contributed by atoms with E-state index in [0.29, 0.717) is 31.2 Å². The predicted octanol–water partition coefficient (Wildman–Crippen LogP) is 3.09. The molecule has 0 aromatic heterocycles. The number of ketones is 3. The number of phenolic OH excluding ortho intramolecular Hbond substituents is 2. The largest absolute Gasteiger partial charge is 0.504 e. The molecule has 3 saturated carbocycles. The fourth-order valence-electron chi connectivity index (χ4n) is 8.56. The average Bonchev–Trinajstić information content (AvgIpc) is 3.23. The molecular weight excluding hydrogens is 554 g/mol. The summed E-state index contributed by atoms with van der Waals surface area (Å²) in [4.78, 5) is 63.7. The zero-order chi connectivity index (χ0) is 31.2. The fourth-order valence-corrected chi connectivity index (χ4v) is 8.56. The van der Waals surface area contributed by atoms with Gasteiger partial charge in [0.15, 0.2) is 23.9 Å². The van der Waals surface area contributed by atoms with E-state index in [1.165, 1.54) is 12.1 Å². The number of fused-ring (bicyclic) bond motifs is 5. The predicted molar refractivity (Wildman–Crippen MR) is 154 cm³/mol. The third-order valence-corrected chi connectivity index (χ3v) is 11.0. The lowest BCUT2D eigenvalue weighted by Gasteiger charge is -2.57. The van der Waals surface area contributed by atoms with Gasteiger partial charge in [-0.15, -0.1) is 0 Å². The van der Waals surface area contributed by atoms with Crippen molar-refractivity contribution in [3.63, 3.8) is 0 Å². The lowest BCUT2D eigenvalue weighted by atomic mass is 9.46. The van der Waals surface area contributed by atoms with Crippen molar-refractivity contribution >= 4 is 29.2 Å². The van der Waals surface area contributed by atoms with E-state index in [1.807, 2.05) is 6.92 Å². The number of allylic oxidation sites excluding steroid dienone is 1. The van der Waals surface area contributed by atoms with E-state index in [1.54, 1.807) is 12.1 Å². The zero-order valence-corrected chi connectivity index (χ0v) is 24.8. The second kappa shape index (κ2) is 11.5. The van der Waals surface area contributed by atoms with Crippen molar-refractivity contribution in [2.75, 3.05) is 13.2 Å². The smallest absolute Gasteiger partial charge is 0.306 e. The second-order valence-electron chi connectivity index (χ2n) is 13.3. The maximum atomic E-state index is 13.7. The van der Waals surface area contributed by atoms with Crippen molar-refractivity contribution in [1.29, 1.82) is 0 Å². The molecule has 0 bridgehead atoms. The van der Waals surface area contributed by atoms with Crippen LogP contribution in [0.4, 0.5) is 0 Å². The van der Waals surface area contributed by atoms with Crippen LogP contribution in [0.25, 0.3) is 0 Å². The lowest BCUT2D eigenvalue weighted by molar-refractivity contribution is -0.173. The Kier molecular flexibility index (Phi) is 8.28. The van der Waals surface area contributed by atoms with E-state index < -0.39 is 29.4 Å². The highest BCUT2D eigenvalue weighted by atomic mass is 16.5. The topological polar surface area (TPSA) is 167 Å². The third-order valence-electron chi connectivity index (χ3n) is 11.0. The van der Waals surface area contributed by atoms with Gasteiger partial charge in [-0.3, -0.25) is 24.0 Å². The quantitative estimate of drug-likeness (QED) is 0.248. The van der Waals surface area contributed by atoms with Gasteiger partial charge in [0.2, 0.25) is 11.7 Å². The number of Topliss-reactive ketones (excluding diaryl/α,β-unsaturated/α-hetero) is 2. The standard InChI is InChI=1S/C33H41NO9/c1-31-12-9-21(35)16-20(31)4-5-22-23-10-13-33(42,32(23,2)17-26(38)30(22)31)27(39)18-43-29(41)8-7-28(40)34-14-11-19-3-6-24(36)25(37)15-19/h3,6,15-16,22-23,30,36-37,42H,4-5,7-14,17-18H2,1-2H3,(H,34,40). The van der Waals surface area contributed by atoms with Crippen molar-refractivity contribution in [3.8, 4) is 11.5 Å². The van der Waals surface area contributed by atoms with E-state index in [0.717, 1.165) is 18.4 Å². The number of hydrogen-bond donors (Lipinski definition) is 4. The molecule has 6 atom stereocenters. The number of carbonyl (C=O) groups is 5. The first-order chi connectivity index (χ1) is 20.3. The highest BCUT2D eigenvalue weighted by Gasteiger charge is 2.68. The molecule has 4 aliphatic rings. The highest BCUT2D eigenvalue weighted by Crippen LogP contribution is 2.66. The number of amides is 1. The van der Waals surface area contributed by atoms with E-state index in [2.05, 4.69) is 12.2 Å². The van der Waals surface area contributed by atoms with Crippen LogP contribution in [0.15, 0.2) is 29.8 Å². The summed E-state index contributed by atoms with van der Waals surface area (Å²) < 4.78 is 5.18. The minimum atomic E-state index is -1.79. The summed E-state index contributed by atoms with van der Waals surface area (Å²) >= 11 is 0. The van der Waals surface area contributed by atoms with Gasteiger partial charge in [-0.1, -0.05) is 25.5 Å². The van der Waals surface area contributed by atoms with E-state index in [9.17, 15) is 39.3 Å². The van der Waals surface area contributed by atoms with E-state index in [-0.39, 0.29) is 84.4 Å². The molecule has 4 aliphatic carbocycles. The van der Waals surface area contributed by atoms with Gasteiger partial charge in [-0.25, -0.2) is 0 Å². The lowest BCUT2D eigenvalue weighted by Crippen LogP contribution is -2.61. The van der Waals surface area contributed by atoms with E-state index >= 15 is 0 Å². The SMILES string of the molecule is CC12CCC(=O)C=C1CCC1C2C(=O)CC2(C)C1CCC2(O)C(=O)COC(=O)CCC(=O)NCCc1ccc(O)c(O)c1. The first-order valence-corrected chi connectivity index (χ1v) is 15.2. The average molecular weight is 596 g/mol. The minimum Gasteiger partial charge on any atom is -0.504 e. The Hall–Kier alpha value is -3.53. The molecule has 1 amide bonds. The van der Waals surface area contributed by atoms with Crippen molar-refractivity contribution < 1.29 is 44.0 Å². The Balaban J connectivity index is 1.13. The number of esters is 1. The number of ether oxygens (including phenoxy) is 1. The van der Waals surface area contributed by atoms with Gasteiger partial charge >= 0.3 is 5.97 Å². The van der Waals surface area contributed by atoms with Crippen LogP contribution in [0.1, 0.15) is 77.2 Å². The van der Waals surface area contributed by atoms with Crippen LogP contribution in [-0.4, -0.2) is 63.3 Å². The monoisotopic (exact) mass is 595 g/mol. The van der Waals surface area contributed by atoms with Crippen LogP contribution in [-0.2, 0) is 35.1 Å². The Labute approximate surface area is 250 Å². The van der Waals surface area contributed by atoms with Gasteiger partial charge < -0.3 is 25.4 Å². The molecule has 0 saturated heterocycles. The molecule has 0 aliphatic heterocycles. The van der Waals surface area contributed by atoms with Crippen molar-refractivity contribution in [3.05, 3.63) is 35.4 Å². The Bertz CT molecular complexity index is 1380. The van der Waals surface area contributed by atoms with Crippen LogP contribution < -0.4 is 5.32 Å². The molecule has 10 nitrogen and oxygen atoms in total. The fraction of sp³-hybridized carbons (Fsp3) is 0.606. The molecule has 3 fully saturated rings. The molecule has 5 rings (SSSR count). The number of nitrogens with one attached hydrogen (secondary N) is 1. The number of phenols is 2. The van der Waals surface area contributed by atoms with Crippen LogP contribution in [0.5, 0.6) is 11.5 Å². The third kappa shape index (κ3) is 5.50. The number of aliphatic hydroxyl groups is 1.